The average Bonchev–Trinajstić information content (AvgIpc) is 2.28. The van der Waals surface area contributed by atoms with Crippen LogP contribution in [0.25, 0.3) is 0 Å². The molecular formula is C11H16N2O2. The highest BCUT2D eigenvalue weighted by Gasteiger charge is 2.04. The van der Waals surface area contributed by atoms with Crippen LogP contribution < -0.4 is 15.3 Å². The first-order valence-electron chi connectivity index (χ1n) is 4.65. The minimum absolute atomic E-state index is 0.719. The van der Waals surface area contributed by atoms with Gasteiger partial charge in [-0.25, -0.2) is 0 Å². The predicted octanol–water partition coefficient (Wildman–Crippen LogP) is 1.58. The van der Waals surface area contributed by atoms with Gasteiger partial charge in [0.25, 0.3) is 0 Å². The molecule has 1 rings (SSSR count). The summed E-state index contributed by atoms with van der Waals surface area (Å²) < 4.78 is 10.3. The number of benzene rings is 1. The predicted molar refractivity (Wildman–Crippen MR) is 60.5 cm³/mol. The van der Waals surface area contributed by atoms with Crippen LogP contribution >= 0.6 is 0 Å². The molecule has 1 aromatic rings. The minimum atomic E-state index is 0.719. The summed E-state index contributed by atoms with van der Waals surface area (Å²) in [5.41, 5.74) is 1.97. The average molecular weight is 208 g/mol. The zero-order valence-corrected chi connectivity index (χ0v) is 9.28. The topological polar surface area (TPSA) is 56.8 Å². The molecule has 4 heteroatoms. The Bertz CT molecular complexity index is 362. The summed E-state index contributed by atoms with van der Waals surface area (Å²) in [5, 5.41) is 3.63. The Labute approximate surface area is 89.7 Å². The molecule has 15 heavy (non-hydrogen) atoms. The Hall–Kier alpha value is -1.71. The molecular weight excluding hydrogens is 192 g/mol. The molecule has 0 saturated heterocycles. The Morgan fingerprint density at radius 1 is 1.27 bits per heavy atom. The zero-order chi connectivity index (χ0) is 11.3. The van der Waals surface area contributed by atoms with E-state index in [9.17, 15) is 0 Å². The number of nitrogens with zero attached hydrogens (tertiary/aromatic N) is 1. The van der Waals surface area contributed by atoms with E-state index in [1.807, 2.05) is 25.1 Å². The molecule has 0 radical (unpaired) electrons. The molecule has 0 amide bonds. The summed E-state index contributed by atoms with van der Waals surface area (Å²) in [6.45, 7) is 1.89. The molecule has 0 aliphatic carbocycles. The molecule has 2 N–H and O–H groups in total. The number of hydrogen-bond acceptors (Lipinski definition) is 4. The summed E-state index contributed by atoms with van der Waals surface area (Å²) >= 11 is 0. The van der Waals surface area contributed by atoms with Gasteiger partial charge in [-0.3, -0.25) is 0 Å². The van der Waals surface area contributed by atoms with Gasteiger partial charge in [0.1, 0.15) is 0 Å². The molecule has 0 fully saturated rings. The van der Waals surface area contributed by atoms with Crippen molar-refractivity contribution in [3.05, 3.63) is 23.8 Å². The van der Waals surface area contributed by atoms with Gasteiger partial charge in [-0.15, -0.1) is 0 Å². The second-order valence-corrected chi connectivity index (χ2v) is 3.23. The first-order chi connectivity index (χ1) is 7.21. The van der Waals surface area contributed by atoms with E-state index in [1.165, 1.54) is 0 Å². The van der Waals surface area contributed by atoms with Crippen molar-refractivity contribution in [2.75, 3.05) is 14.2 Å². The maximum Gasteiger partial charge on any atom is 0.160 e. The van der Waals surface area contributed by atoms with Crippen molar-refractivity contribution in [1.82, 2.24) is 0 Å². The van der Waals surface area contributed by atoms with E-state index < -0.39 is 0 Å². The molecule has 4 nitrogen and oxygen atoms in total. The molecule has 0 heterocycles. The largest absolute Gasteiger partial charge is 0.493 e. The highest BCUT2D eigenvalue weighted by atomic mass is 16.5. The first-order valence-corrected chi connectivity index (χ1v) is 4.65. The molecule has 0 aromatic heterocycles. The molecule has 82 valence electrons. The van der Waals surface area contributed by atoms with Crippen molar-refractivity contribution in [2.45, 2.75) is 13.3 Å². The van der Waals surface area contributed by atoms with Gasteiger partial charge in [0.05, 0.1) is 14.2 Å². The Balaban J connectivity index is 2.93. The number of rotatable bonds is 4. The third kappa shape index (κ3) is 2.87. The highest BCUT2D eigenvalue weighted by molar-refractivity contribution is 5.84. The zero-order valence-electron chi connectivity index (χ0n) is 9.28. The maximum atomic E-state index is 5.20. The van der Waals surface area contributed by atoms with Gasteiger partial charge in [0.15, 0.2) is 11.5 Å². The molecule has 0 unspecified atom stereocenters. The fourth-order valence-electron chi connectivity index (χ4n) is 1.33. The summed E-state index contributed by atoms with van der Waals surface area (Å²) in [5.74, 6) is 6.63. The van der Waals surface area contributed by atoms with Crippen LogP contribution in [0.3, 0.4) is 0 Å². The fourth-order valence-corrected chi connectivity index (χ4v) is 1.33. The van der Waals surface area contributed by atoms with Crippen molar-refractivity contribution in [2.24, 2.45) is 10.9 Å². The number of hydrazone groups is 1. The van der Waals surface area contributed by atoms with Crippen LogP contribution in [0.4, 0.5) is 0 Å². The summed E-state index contributed by atoms with van der Waals surface area (Å²) in [4.78, 5) is 0. The summed E-state index contributed by atoms with van der Waals surface area (Å²) in [6.07, 6.45) is 0.719. The fraction of sp³-hybridized carbons (Fsp3) is 0.364. The lowest BCUT2D eigenvalue weighted by Gasteiger charge is -2.09. The molecule has 0 atom stereocenters. The van der Waals surface area contributed by atoms with Crippen LogP contribution in [-0.2, 0) is 6.42 Å². The Kier molecular flexibility index (Phi) is 3.97. The van der Waals surface area contributed by atoms with Crippen molar-refractivity contribution >= 4 is 5.71 Å². The second-order valence-electron chi connectivity index (χ2n) is 3.23. The quantitative estimate of drug-likeness (QED) is 0.464. The van der Waals surface area contributed by atoms with Crippen LogP contribution in [0.2, 0.25) is 0 Å². The van der Waals surface area contributed by atoms with E-state index in [2.05, 4.69) is 5.10 Å². The number of methoxy groups -OCH3 is 2. The number of nitrogens with two attached hydrogens (primary N) is 1. The SMILES string of the molecule is COc1ccc(C/C(C)=N\N)cc1OC. The van der Waals surface area contributed by atoms with Crippen molar-refractivity contribution < 1.29 is 9.47 Å². The van der Waals surface area contributed by atoms with E-state index in [-0.39, 0.29) is 0 Å². The van der Waals surface area contributed by atoms with Crippen LogP contribution in [0.5, 0.6) is 11.5 Å². The van der Waals surface area contributed by atoms with E-state index in [0.29, 0.717) is 0 Å². The smallest absolute Gasteiger partial charge is 0.160 e. The van der Waals surface area contributed by atoms with Crippen molar-refractivity contribution in [3.63, 3.8) is 0 Å². The standard InChI is InChI=1S/C11H16N2O2/c1-8(13-12)6-9-4-5-10(14-2)11(7-9)15-3/h4-5,7H,6,12H2,1-3H3/b13-8-. The van der Waals surface area contributed by atoms with Gasteiger partial charge >= 0.3 is 0 Å². The summed E-state index contributed by atoms with van der Waals surface area (Å²) in [7, 11) is 3.23. The van der Waals surface area contributed by atoms with Gasteiger partial charge in [0, 0.05) is 12.1 Å². The molecule has 0 aliphatic rings. The second kappa shape index (κ2) is 5.24. The monoisotopic (exact) mass is 208 g/mol. The molecule has 0 aliphatic heterocycles. The highest BCUT2D eigenvalue weighted by Crippen LogP contribution is 2.27. The van der Waals surface area contributed by atoms with Crippen LogP contribution in [-0.4, -0.2) is 19.9 Å². The van der Waals surface area contributed by atoms with Crippen LogP contribution in [0.15, 0.2) is 23.3 Å². The Morgan fingerprint density at radius 3 is 2.47 bits per heavy atom. The first kappa shape index (κ1) is 11.4. The molecule has 1 aromatic carbocycles. The lowest BCUT2D eigenvalue weighted by molar-refractivity contribution is 0.354. The summed E-state index contributed by atoms with van der Waals surface area (Å²) in [6, 6.07) is 5.77. The van der Waals surface area contributed by atoms with Crippen molar-refractivity contribution in [3.8, 4) is 11.5 Å². The molecule has 0 bridgehead atoms. The number of hydrogen-bond donors (Lipinski definition) is 1. The lowest BCUT2D eigenvalue weighted by atomic mass is 10.1. The maximum absolute atomic E-state index is 5.20. The van der Waals surface area contributed by atoms with Gasteiger partial charge < -0.3 is 15.3 Å². The van der Waals surface area contributed by atoms with Crippen LogP contribution in [0, 0.1) is 0 Å². The molecule has 0 spiro atoms. The van der Waals surface area contributed by atoms with Gasteiger partial charge in [-0.1, -0.05) is 6.07 Å². The number of ether oxygens (including phenoxy) is 2. The minimum Gasteiger partial charge on any atom is -0.493 e. The van der Waals surface area contributed by atoms with E-state index >= 15 is 0 Å². The third-order valence-corrected chi connectivity index (χ3v) is 2.13. The van der Waals surface area contributed by atoms with E-state index in [0.717, 1.165) is 29.2 Å². The van der Waals surface area contributed by atoms with Crippen molar-refractivity contribution in [1.29, 1.82) is 0 Å². The van der Waals surface area contributed by atoms with E-state index in [1.54, 1.807) is 14.2 Å². The normalized spacial score (nSPS) is 11.3. The van der Waals surface area contributed by atoms with Crippen LogP contribution in [0.1, 0.15) is 12.5 Å². The molecule has 0 saturated carbocycles. The third-order valence-electron chi connectivity index (χ3n) is 2.13. The lowest BCUT2D eigenvalue weighted by Crippen LogP contribution is -2.01. The Morgan fingerprint density at radius 2 is 1.93 bits per heavy atom. The van der Waals surface area contributed by atoms with Gasteiger partial charge in [0.2, 0.25) is 0 Å². The van der Waals surface area contributed by atoms with Gasteiger partial charge in [-0.2, -0.15) is 5.10 Å². The van der Waals surface area contributed by atoms with Gasteiger partial charge in [-0.05, 0) is 24.6 Å². The van der Waals surface area contributed by atoms with E-state index in [4.69, 9.17) is 15.3 Å².